The molecule has 3 rings (SSSR count). The van der Waals surface area contributed by atoms with Gasteiger partial charge in [-0.25, -0.2) is 4.98 Å². The average Bonchev–Trinajstić information content (AvgIpc) is 3.44. The predicted octanol–water partition coefficient (Wildman–Crippen LogP) is 3.27. The highest BCUT2D eigenvalue weighted by atomic mass is 35.5. The molecule has 0 unspecified atom stereocenters. The summed E-state index contributed by atoms with van der Waals surface area (Å²) < 4.78 is 41.1. The van der Waals surface area contributed by atoms with Gasteiger partial charge in [0.05, 0.1) is 11.1 Å². The van der Waals surface area contributed by atoms with E-state index in [9.17, 15) is 22.8 Å². The number of benzene rings is 1. The number of anilines is 1. The van der Waals surface area contributed by atoms with E-state index in [1.54, 1.807) is 19.0 Å². The highest BCUT2D eigenvalue weighted by Gasteiger charge is 2.35. The summed E-state index contributed by atoms with van der Waals surface area (Å²) in [6.07, 6.45) is -3.17. The van der Waals surface area contributed by atoms with Crippen LogP contribution in [0.1, 0.15) is 34.9 Å². The van der Waals surface area contributed by atoms with Gasteiger partial charge in [0.2, 0.25) is 5.95 Å². The minimum Gasteiger partial charge on any atom is -0.404 e. The summed E-state index contributed by atoms with van der Waals surface area (Å²) in [7, 11) is 3.33. The lowest BCUT2D eigenvalue weighted by Gasteiger charge is -2.20. The van der Waals surface area contributed by atoms with Crippen molar-refractivity contribution in [1.82, 2.24) is 15.3 Å². The fourth-order valence-corrected chi connectivity index (χ4v) is 3.04. The van der Waals surface area contributed by atoms with Gasteiger partial charge in [-0.05, 0) is 36.5 Å². The highest BCUT2D eigenvalue weighted by Crippen LogP contribution is 2.43. The van der Waals surface area contributed by atoms with E-state index in [4.69, 9.17) is 11.6 Å². The topological polar surface area (TPSA) is 87.3 Å². The highest BCUT2D eigenvalue weighted by molar-refractivity contribution is 6.32. The molecule has 0 bridgehead atoms. The maximum Gasteiger partial charge on any atom is 0.573 e. The van der Waals surface area contributed by atoms with Crippen LogP contribution >= 0.6 is 11.6 Å². The molecule has 1 saturated carbocycles. The molecule has 29 heavy (non-hydrogen) atoms. The number of hydrogen-bond donors (Lipinski definition) is 2. The lowest BCUT2D eigenvalue weighted by atomic mass is 10.0. The van der Waals surface area contributed by atoms with Gasteiger partial charge >= 0.3 is 6.36 Å². The number of aromatic nitrogens is 2. The Bertz CT molecular complexity index is 974. The normalized spacial score (nSPS) is 15.0. The number of carbonyl (C=O) groups excluding carboxylic acids is 1. The van der Waals surface area contributed by atoms with E-state index >= 15 is 0 Å². The van der Waals surface area contributed by atoms with Crippen molar-refractivity contribution in [3.63, 3.8) is 0 Å². The molecule has 1 atom stereocenters. The van der Waals surface area contributed by atoms with Gasteiger partial charge < -0.3 is 15.0 Å². The summed E-state index contributed by atoms with van der Waals surface area (Å²) >= 11 is 5.93. The summed E-state index contributed by atoms with van der Waals surface area (Å²) in [6, 6.07) is 4.47. The van der Waals surface area contributed by atoms with E-state index in [0.29, 0.717) is 5.56 Å². The molecule has 1 aromatic heterocycles. The van der Waals surface area contributed by atoms with Gasteiger partial charge in [-0.15, -0.1) is 13.2 Å². The third kappa shape index (κ3) is 5.41. The predicted molar refractivity (Wildman–Crippen MR) is 100 cm³/mol. The number of aromatic amines is 1. The quantitative estimate of drug-likeness (QED) is 0.734. The Morgan fingerprint density at radius 1 is 1.34 bits per heavy atom. The Morgan fingerprint density at radius 2 is 2.03 bits per heavy atom. The lowest BCUT2D eigenvalue weighted by Crippen LogP contribution is -2.32. The first-order chi connectivity index (χ1) is 13.5. The van der Waals surface area contributed by atoms with E-state index in [1.807, 2.05) is 0 Å². The van der Waals surface area contributed by atoms with E-state index in [2.05, 4.69) is 20.0 Å². The standard InChI is InChI=1S/C18H18ClF3N4O3/c1-26(2)17-23-12(8-14(27)24-17)16(28)25-15(9-3-4-9)10-5-6-13(11(19)7-10)29-18(20,21)22/h5-9,15H,3-4H2,1-2H3,(H,25,28)(H,23,24,27)/t15-/m1/s1. The molecule has 0 saturated heterocycles. The van der Waals surface area contributed by atoms with Crippen LogP contribution in [0.5, 0.6) is 5.75 Å². The van der Waals surface area contributed by atoms with Crippen molar-refractivity contribution in [2.45, 2.75) is 25.2 Å². The van der Waals surface area contributed by atoms with Crippen molar-refractivity contribution in [2.75, 3.05) is 19.0 Å². The van der Waals surface area contributed by atoms with Gasteiger partial charge in [0.15, 0.2) is 0 Å². The zero-order chi connectivity index (χ0) is 21.3. The number of nitrogens with one attached hydrogen (secondary N) is 2. The SMILES string of the molecule is CN(C)c1nc(C(=O)N[C@@H](c2ccc(OC(F)(F)F)c(Cl)c2)C2CC2)cc(=O)[nH]1. The van der Waals surface area contributed by atoms with Crippen molar-refractivity contribution < 1.29 is 22.7 Å². The van der Waals surface area contributed by atoms with Crippen LogP contribution in [0.2, 0.25) is 5.02 Å². The van der Waals surface area contributed by atoms with Crippen molar-refractivity contribution in [3.8, 4) is 5.75 Å². The molecule has 0 aliphatic heterocycles. The van der Waals surface area contributed by atoms with E-state index < -0.39 is 29.6 Å². The first-order valence-corrected chi connectivity index (χ1v) is 9.06. The smallest absolute Gasteiger partial charge is 0.404 e. The van der Waals surface area contributed by atoms with Crippen LogP contribution in [0.25, 0.3) is 0 Å². The third-order valence-corrected chi connectivity index (χ3v) is 4.60. The van der Waals surface area contributed by atoms with Crippen molar-refractivity contribution in [1.29, 1.82) is 0 Å². The molecule has 0 radical (unpaired) electrons. The molecule has 1 aliphatic rings. The van der Waals surface area contributed by atoms with Crippen LogP contribution in [0.15, 0.2) is 29.1 Å². The largest absolute Gasteiger partial charge is 0.573 e. The average molecular weight is 431 g/mol. The second-order valence-corrected chi connectivity index (χ2v) is 7.28. The van der Waals surface area contributed by atoms with Crippen molar-refractivity contribution in [2.24, 2.45) is 5.92 Å². The first kappa shape index (κ1) is 21.0. The molecular formula is C18H18ClF3N4O3. The molecule has 1 aliphatic carbocycles. The molecular weight excluding hydrogens is 413 g/mol. The summed E-state index contributed by atoms with van der Waals surface area (Å²) in [5.74, 6) is -0.749. The minimum absolute atomic E-state index is 0.0637. The number of ether oxygens (including phenoxy) is 1. The second kappa shape index (κ2) is 7.94. The lowest BCUT2D eigenvalue weighted by molar-refractivity contribution is -0.274. The molecule has 7 nitrogen and oxygen atoms in total. The number of rotatable bonds is 6. The van der Waals surface area contributed by atoms with Crippen molar-refractivity contribution >= 4 is 23.5 Å². The van der Waals surface area contributed by atoms with Crippen molar-refractivity contribution in [3.05, 3.63) is 50.9 Å². The van der Waals surface area contributed by atoms with Gasteiger partial charge in [-0.1, -0.05) is 17.7 Å². The zero-order valence-electron chi connectivity index (χ0n) is 15.5. The van der Waals surface area contributed by atoms with E-state index in [-0.39, 0.29) is 22.6 Å². The van der Waals surface area contributed by atoms with Crippen LogP contribution in [0.4, 0.5) is 19.1 Å². The Balaban J connectivity index is 1.84. The molecule has 1 fully saturated rings. The number of amides is 1. The molecule has 1 amide bonds. The minimum atomic E-state index is -4.86. The summed E-state index contributed by atoms with van der Waals surface area (Å²) in [5.41, 5.74) is -0.00205. The number of nitrogens with zero attached hydrogens (tertiary/aromatic N) is 2. The number of halogens is 4. The van der Waals surface area contributed by atoms with Crippen LogP contribution in [-0.4, -0.2) is 36.3 Å². The fraction of sp³-hybridized carbons (Fsp3) is 0.389. The summed E-state index contributed by atoms with van der Waals surface area (Å²) in [5, 5.41) is 2.59. The Labute approximate surface area is 168 Å². The van der Waals surface area contributed by atoms with Crippen LogP contribution < -0.4 is 20.5 Å². The first-order valence-electron chi connectivity index (χ1n) is 8.68. The van der Waals surface area contributed by atoms with Gasteiger partial charge in [0.1, 0.15) is 11.4 Å². The second-order valence-electron chi connectivity index (χ2n) is 6.87. The number of carbonyl (C=O) groups is 1. The fourth-order valence-electron chi connectivity index (χ4n) is 2.81. The zero-order valence-corrected chi connectivity index (χ0v) is 16.3. The Hall–Kier alpha value is -2.75. The maximum absolute atomic E-state index is 12.7. The summed E-state index contributed by atoms with van der Waals surface area (Å²) in [6.45, 7) is 0. The Kier molecular flexibility index (Phi) is 5.74. The number of H-pyrrole nitrogens is 1. The Morgan fingerprint density at radius 3 is 2.59 bits per heavy atom. The maximum atomic E-state index is 12.7. The van der Waals surface area contributed by atoms with Gasteiger partial charge in [0.25, 0.3) is 11.5 Å². The molecule has 156 valence electrons. The van der Waals surface area contributed by atoms with E-state index in [1.165, 1.54) is 12.1 Å². The molecule has 1 aromatic carbocycles. The third-order valence-electron chi connectivity index (χ3n) is 4.31. The van der Waals surface area contributed by atoms with Crippen LogP contribution in [0.3, 0.4) is 0 Å². The van der Waals surface area contributed by atoms with Crippen LogP contribution in [-0.2, 0) is 0 Å². The summed E-state index contributed by atoms with van der Waals surface area (Å²) in [4.78, 5) is 32.6. The molecule has 11 heteroatoms. The number of alkyl halides is 3. The molecule has 0 spiro atoms. The molecule has 2 aromatic rings. The van der Waals surface area contributed by atoms with Crippen LogP contribution in [0, 0.1) is 5.92 Å². The molecule has 2 N–H and O–H groups in total. The van der Waals surface area contributed by atoms with Gasteiger partial charge in [0, 0.05) is 20.2 Å². The number of hydrogen-bond acceptors (Lipinski definition) is 5. The molecule has 1 heterocycles. The van der Waals surface area contributed by atoms with Gasteiger partial charge in [-0.2, -0.15) is 0 Å². The van der Waals surface area contributed by atoms with E-state index in [0.717, 1.165) is 25.0 Å². The van der Waals surface area contributed by atoms with Gasteiger partial charge in [-0.3, -0.25) is 14.6 Å². The monoisotopic (exact) mass is 430 g/mol.